The topological polar surface area (TPSA) is 69.0 Å². The minimum Gasteiger partial charge on any atom is -0.463 e. The summed E-state index contributed by atoms with van der Waals surface area (Å²) in [5.41, 5.74) is 0.000801. The van der Waals surface area contributed by atoms with Crippen LogP contribution in [0.15, 0.2) is 66.5 Å². The van der Waals surface area contributed by atoms with Crippen molar-refractivity contribution in [1.29, 1.82) is 0 Å². The maximum absolute atomic E-state index is 13.8. The number of aromatic nitrogens is 3. The highest BCUT2D eigenvalue weighted by Crippen LogP contribution is 2.43. The number of hydrogen-bond donors (Lipinski definition) is 1. The van der Waals surface area contributed by atoms with E-state index in [2.05, 4.69) is 15.4 Å². The van der Waals surface area contributed by atoms with Gasteiger partial charge in [-0.3, -0.25) is 0 Å². The fourth-order valence-electron chi connectivity index (χ4n) is 3.50. The summed E-state index contributed by atoms with van der Waals surface area (Å²) in [6, 6.07) is 12.8. The first-order chi connectivity index (χ1) is 14.4. The van der Waals surface area contributed by atoms with Crippen LogP contribution in [0.2, 0.25) is 0 Å². The van der Waals surface area contributed by atoms with E-state index in [9.17, 15) is 18.0 Å². The third kappa shape index (κ3) is 3.42. The maximum atomic E-state index is 13.8. The molecule has 0 amide bonds. The van der Waals surface area contributed by atoms with E-state index in [1.807, 2.05) is 0 Å². The molecule has 0 unspecified atom stereocenters. The van der Waals surface area contributed by atoms with Gasteiger partial charge in [-0.2, -0.15) is 23.3 Å². The van der Waals surface area contributed by atoms with E-state index in [4.69, 9.17) is 4.74 Å². The van der Waals surface area contributed by atoms with E-state index in [1.54, 1.807) is 37.3 Å². The zero-order chi connectivity index (χ0) is 21.3. The molecule has 0 radical (unpaired) electrons. The quantitative estimate of drug-likeness (QED) is 0.646. The molecule has 0 saturated carbocycles. The Bertz CT molecular complexity index is 1110. The van der Waals surface area contributed by atoms with Crippen molar-refractivity contribution >= 4 is 17.6 Å². The van der Waals surface area contributed by atoms with Crippen LogP contribution in [0.5, 0.6) is 0 Å². The van der Waals surface area contributed by atoms with Gasteiger partial charge >= 0.3 is 12.1 Å². The zero-order valence-corrected chi connectivity index (χ0v) is 15.8. The van der Waals surface area contributed by atoms with Gasteiger partial charge in [-0.25, -0.2) is 9.48 Å². The number of ether oxygens (including phenoxy) is 1. The molecule has 1 atom stereocenters. The summed E-state index contributed by atoms with van der Waals surface area (Å²) in [7, 11) is 0. The second-order valence-corrected chi connectivity index (χ2v) is 6.52. The molecule has 4 rings (SSSR count). The first-order valence-electron chi connectivity index (χ1n) is 9.21. The van der Waals surface area contributed by atoms with E-state index in [1.165, 1.54) is 29.2 Å². The van der Waals surface area contributed by atoms with Crippen LogP contribution in [0, 0.1) is 0 Å². The first kappa shape index (κ1) is 19.7. The van der Waals surface area contributed by atoms with Gasteiger partial charge in [-0.1, -0.05) is 48.5 Å². The van der Waals surface area contributed by atoms with Crippen LogP contribution in [0.25, 0.3) is 5.70 Å². The number of benzene rings is 2. The van der Waals surface area contributed by atoms with E-state index in [0.717, 1.165) is 6.07 Å². The molecule has 1 aliphatic heterocycles. The van der Waals surface area contributed by atoms with E-state index in [-0.39, 0.29) is 23.7 Å². The lowest BCUT2D eigenvalue weighted by molar-refractivity contribution is -0.140. The molecule has 0 saturated heterocycles. The van der Waals surface area contributed by atoms with Gasteiger partial charge in [0.15, 0.2) is 0 Å². The number of nitrogens with one attached hydrogen (secondary N) is 1. The lowest BCUT2D eigenvalue weighted by Gasteiger charge is -2.31. The summed E-state index contributed by atoms with van der Waals surface area (Å²) in [5, 5.41) is 7.12. The maximum Gasteiger partial charge on any atom is 0.416 e. The predicted molar refractivity (Wildman–Crippen MR) is 103 cm³/mol. The molecular weight excluding hydrogens is 397 g/mol. The number of hydrogen-bond acceptors (Lipinski definition) is 5. The van der Waals surface area contributed by atoms with Crippen molar-refractivity contribution in [2.24, 2.45) is 0 Å². The summed E-state index contributed by atoms with van der Waals surface area (Å²) < 4.78 is 47.9. The van der Waals surface area contributed by atoms with E-state index >= 15 is 0 Å². The van der Waals surface area contributed by atoms with Crippen molar-refractivity contribution in [2.45, 2.75) is 19.1 Å². The largest absolute Gasteiger partial charge is 0.463 e. The number of carbonyl (C=O) groups excluding carboxylic acids is 1. The van der Waals surface area contributed by atoms with Crippen molar-refractivity contribution in [3.05, 3.63) is 83.2 Å². The molecule has 2 heterocycles. The fourth-order valence-corrected chi connectivity index (χ4v) is 3.50. The lowest BCUT2D eigenvalue weighted by atomic mass is 9.90. The van der Waals surface area contributed by atoms with Gasteiger partial charge in [0.2, 0.25) is 5.95 Å². The predicted octanol–water partition coefficient (Wildman–Crippen LogP) is 4.29. The minimum atomic E-state index is -4.62. The van der Waals surface area contributed by atoms with Crippen molar-refractivity contribution in [3.63, 3.8) is 0 Å². The fraction of sp³-hybridized carbons (Fsp3) is 0.190. The van der Waals surface area contributed by atoms with Gasteiger partial charge in [-0.05, 0) is 24.1 Å². The summed E-state index contributed by atoms with van der Waals surface area (Å²) in [6.45, 7) is 1.71. The Kier molecular flexibility index (Phi) is 5.03. The molecule has 1 N–H and O–H groups in total. The molecule has 2 aromatic carbocycles. The molecule has 0 fully saturated rings. The highest BCUT2D eigenvalue weighted by Gasteiger charge is 2.42. The van der Waals surface area contributed by atoms with Crippen molar-refractivity contribution in [1.82, 2.24) is 14.8 Å². The van der Waals surface area contributed by atoms with Gasteiger partial charge in [0.1, 0.15) is 12.4 Å². The molecule has 154 valence electrons. The SMILES string of the molecule is CCOC(=O)C1=C(c2ccccc2)Nc2ncnn2[C@H]1c1ccccc1C(F)(F)F. The molecule has 0 aliphatic carbocycles. The Morgan fingerprint density at radius 1 is 1.13 bits per heavy atom. The molecular formula is C21H17F3N4O2. The normalized spacial score (nSPS) is 16.1. The van der Waals surface area contributed by atoms with E-state index < -0.39 is 23.8 Å². The number of nitrogens with zero attached hydrogens (tertiary/aromatic N) is 3. The van der Waals surface area contributed by atoms with Crippen LogP contribution in [-0.4, -0.2) is 27.3 Å². The van der Waals surface area contributed by atoms with Crippen LogP contribution in [0.1, 0.15) is 29.7 Å². The highest BCUT2D eigenvalue weighted by atomic mass is 19.4. The summed E-state index contributed by atoms with van der Waals surface area (Å²) in [6.07, 6.45) is -3.39. The smallest absolute Gasteiger partial charge is 0.416 e. The number of rotatable bonds is 4. The zero-order valence-electron chi connectivity index (χ0n) is 15.8. The highest BCUT2D eigenvalue weighted by molar-refractivity contribution is 6.02. The number of carbonyl (C=O) groups is 1. The average molecular weight is 414 g/mol. The van der Waals surface area contributed by atoms with E-state index in [0.29, 0.717) is 11.3 Å². The molecule has 3 aromatic rings. The molecule has 1 aliphatic rings. The Labute approximate surface area is 170 Å². The third-order valence-electron chi connectivity index (χ3n) is 4.72. The molecule has 9 heteroatoms. The summed E-state index contributed by atoms with van der Waals surface area (Å²) >= 11 is 0. The summed E-state index contributed by atoms with van der Waals surface area (Å²) in [4.78, 5) is 17.1. The third-order valence-corrected chi connectivity index (χ3v) is 4.72. The number of alkyl halides is 3. The second-order valence-electron chi connectivity index (χ2n) is 6.52. The van der Waals surface area contributed by atoms with Crippen LogP contribution in [-0.2, 0) is 15.7 Å². The number of esters is 1. The minimum absolute atomic E-state index is 0.0257. The first-order valence-corrected chi connectivity index (χ1v) is 9.21. The van der Waals surface area contributed by atoms with Crippen molar-refractivity contribution in [3.8, 4) is 0 Å². The van der Waals surface area contributed by atoms with Crippen molar-refractivity contribution < 1.29 is 22.7 Å². The Morgan fingerprint density at radius 2 is 1.83 bits per heavy atom. The van der Waals surface area contributed by atoms with Crippen LogP contribution in [0.4, 0.5) is 19.1 Å². The molecule has 0 spiro atoms. The molecule has 0 bridgehead atoms. The van der Waals surface area contributed by atoms with Gasteiger partial charge in [0.05, 0.1) is 23.4 Å². The van der Waals surface area contributed by atoms with Gasteiger partial charge in [0, 0.05) is 0 Å². The number of halogens is 3. The van der Waals surface area contributed by atoms with Gasteiger partial charge in [-0.15, -0.1) is 0 Å². The van der Waals surface area contributed by atoms with Gasteiger partial charge in [0.25, 0.3) is 0 Å². The van der Waals surface area contributed by atoms with Crippen LogP contribution in [0.3, 0.4) is 0 Å². The monoisotopic (exact) mass is 414 g/mol. The lowest BCUT2D eigenvalue weighted by Crippen LogP contribution is -2.31. The van der Waals surface area contributed by atoms with Crippen LogP contribution < -0.4 is 5.32 Å². The molecule has 1 aromatic heterocycles. The second kappa shape index (κ2) is 7.66. The Balaban J connectivity index is 2.02. The Hall–Kier alpha value is -3.62. The number of fused-ring (bicyclic) bond motifs is 1. The average Bonchev–Trinajstić information content (AvgIpc) is 3.21. The van der Waals surface area contributed by atoms with Crippen molar-refractivity contribution in [2.75, 3.05) is 11.9 Å². The molecule has 30 heavy (non-hydrogen) atoms. The van der Waals surface area contributed by atoms with Crippen LogP contribution >= 0.6 is 0 Å². The van der Waals surface area contributed by atoms with Gasteiger partial charge < -0.3 is 10.1 Å². The molecule has 6 nitrogen and oxygen atoms in total. The standard InChI is InChI=1S/C21H17F3N4O2/c1-2-30-19(29)16-17(13-8-4-3-5-9-13)27-20-25-12-26-28(20)18(16)14-10-6-7-11-15(14)21(22,23)24/h3-12,18H,2H2,1H3,(H,25,26,27)/t18-/m0/s1. The summed E-state index contributed by atoms with van der Waals surface area (Å²) in [5.74, 6) is -0.504. The number of anilines is 1. The Morgan fingerprint density at radius 3 is 2.53 bits per heavy atom.